The molecule has 1 heterocycles. The van der Waals surface area contributed by atoms with Gasteiger partial charge in [0, 0.05) is 17.1 Å². The predicted molar refractivity (Wildman–Crippen MR) is 69.1 cm³/mol. The van der Waals surface area contributed by atoms with Gasteiger partial charge in [-0.25, -0.2) is 0 Å². The van der Waals surface area contributed by atoms with Gasteiger partial charge in [-0.2, -0.15) is 15.0 Å². The third kappa shape index (κ3) is 2.52. The van der Waals surface area contributed by atoms with E-state index in [2.05, 4.69) is 36.2 Å². The maximum Gasteiger partial charge on any atom is 0.321 e. The summed E-state index contributed by atoms with van der Waals surface area (Å²) in [6.07, 6.45) is 0. The molecule has 0 aliphatic carbocycles. The maximum atomic E-state index is 5.04. The van der Waals surface area contributed by atoms with E-state index in [1.807, 2.05) is 24.3 Å². The van der Waals surface area contributed by atoms with Gasteiger partial charge in [0.05, 0.1) is 7.11 Å². The van der Waals surface area contributed by atoms with Crippen LogP contribution in [0.25, 0.3) is 11.4 Å². The minimum Gasteiger partial charge on any atom is -0.467 e. The molecule has 0 amide bonds. The maximum absolute atomic E-state index is 5.04. The third-order valence-corrected chi connectivity index (χ3v) is 2.83. The van der Waals surface area contributed by atoms with E-state index in [1.54, 1.807) is 7.05 Å². The molecule has 0 aliphatic rings. The zero-order valence-corrected chi connectivity index (χ0v) is 11.0. The molecular formula is C11H11BrN4O. The van der Waals surface area contributed by atoms with Crippen molar-refractivity contribution in [1.82, 2.24) is 15.0 Å². The number of anilines is 1. The molecule has 0 atom stereocenters. The summed E-state index contributed by atoms with van der Waals surface area (Å²) in [7, 11) is 3.27. The molecule has 0 bridgehead atoms. The van der Waals surface area contributed by atoms with Gasteiger partial charge >= 0.3 is 6.01 Å². The zero-order chi connectivity index (χ0) is 12.3. The molecule has 1 aromatic heterocycles. The molecule has 0 fully saturated rings. The first-order valence-electron chi connectivity index (χ1n) is 4.97. The first-order chi connectivity index (χ1) is 8.24. The van der Waals surface area contributed by atoms with E-state index in [0.717, 1.165) is 10.0 Å². The van der Waals surface area contributed by atoms with Gasteiger partial charge in [0.2, 0.25) is 5.95 Å². The predicted octanol–water partition coefficient (Wildman–Crippen LogP) is 2.35. The van der Waals surface area contributed by atoms with Gasteiger partial charge in [0.15, 0.2) is 5.82 Å². The molecule has 0 aliphatic heterocycles. The highest BCUT2D eigenvalue weighted by atomic mass is 79.9. The van der Waals surface area contributed by atoms with Crippen molar-refractivity contribution in [3.05, 3.63) is 28.7 Å². The van der Waals surface area contributed by atoms with Gasteiger partial charge in [0.25, 0.3) is 0 Å². The molecule has 1 aromatic carbocycles. The number of nitrogens with one attached hydrogen (secondary N) is 1. The SMILES string of the molecule is CNc1nc(OC)nc(-c2ccccc2Br)n1. The summed E-state index contributed by atoms with van der Waals surface area (Å²) in [4.78, 5) is 12.6. The van der Waals surface area contributed by atoms with Crippen molar-refractivity contribution in [3.8, 4) is 17.4 Å². The number of aromatic nitrogens is 3. The molecule has 1 N–H and O–H groups in total. The molecule has 0 unspecified atom stereocenters. The molecule has 6 heteroatoms. The van der Waals surface area contributed by atoms with E-state index in [1.165, 1.54) is 7.11 Å². The average molecular weight is 295 g/mol. The quantitative estimate of drug-likeness (QED) is 0.942. The Bertz CT molecular complexity index is 510. The molecule has 0 spiro atoms. The lowest BCUT2D eigenvalue weighted by atomic mass is 10.2. The second-order valence-corrected chi connectivity index (χ2v) is 4.05. The topological polar surface area (TPSA) is 59.9 Å². The van der Waals surface area contributed by atoms with Crippen LogP contribution in [0.2, 0.25) is 0 Å². The summed E-state index contributed by atoms with van der Waals surface area (Å²) >= 11 is 3.46. The number of hydrogen-bond donors (Lipinski definition) is 1. The highest BCUT2D eigenvalue weighted by molar-refractivity contribution is 9.10. The van der Waals surface area contributed by atoms with Gasteiger partial charge in [-0.15, -0.1) is 0 Å². The lowest BCUT2D eigenvalue weighted by molar-refractivity contribution is 0.379. The summed E-state index contributed by atoms with van der Waals surface area (Å²) in [5.74, 6) is 1.04. The number of rotatable bonds is 3. The molecule has 5 nitrogen and oxygen atoms in total. The lowest BCUT2D eigenvalue weighted by Crippen LogP contribution is -2.03. The second-order valence-electron chi connectivity index (χ2n) is 3.20. The number of benzene rings is 1. The Morgan fingerprint density at radius 2 is 1.94 bits per heavy atom. The molecule has 0 radical (unpaired) electrons. The van der Waals surface area contributed by atoms with Crippen LogP contribution < -0.4 is 10.1 Å². The minimum atomic E-state index is 0.287. The summed E-state index contributed by atoms with van der Waals surface area (Å²) in [5.41, 5.74) is 0.893. The monoisotopic (exact) mass is 294 g/mol. The Balaban J connectivity index is 2.55. The molecule has 2 aromatic rings. The van der Waals surface area contributed by atoms with Gasteiger partial charge < -0.3 is 10.1 Å². The van der Waals surface area contributed by atoms with Crippen molar-refractivity contribution in [2.45, 2.75) is 0 Å². The number of halogens is 1. The second kappa shape index (κ2) is 5.09. The Morgan fingerprint density at radius 1 is 1.18 bits per heavy atom. The molecule has 17 heavy (non-hydrogen) atoms. The minimum absolute atomic E-state index is 0.287. The van der Waals surface area contributed by atoms with Gasteiger partial charge in [-0.1, -0.05) is 34.1 Å². The van der Waals surface area contributed by atoms with Crippen LogP contribution in [0.15, 0.2) is 28.7 Å². The highest BCUT2D eigenvalue weighted by Gasteiger charge is 2.10. The van der Waals surface area contributed by atoms with Gasteiger partial charge in [-0.3, -0.25) is 0 Å². The number of nitrogens with zero attached hydrogens (tertiary/aromatic N) is 3. The lowest BCUT2D eigenvalue weighted by Gasteiger charge is -2.06. The summed E-state index contributed by atoms with van der Waals surface area (Å²) < 4.78 is 5.97. The van der Waals surface area contributed by atoms with Crippen molar-refractivity contribution in [2.24, 2.45) is 0 Å². The zero-order valence-electron chi connectivity index (χ0n) is 9.44. The standard InChI is InChI=1S/C11H11BrN4O/c1-13-10-14-9(15-11(16-10)17-2)7-5-3-4-6-8(7)12/h3-6H,1-2H3,(H,13,14,15,16). The van der Waals surface area contributed by atoms with Gasteiger partial charge in [-0.05, 0) is 6.07 Å². The fraction of sp³-hybridized carbons (Fsp3) is 0.182. The fourth-order valence-corrected chi connectivity index (χ4v) is 1.78. The van der Waals surface area contributed by atoms with Crippen LogP contribution in [0.3, 0.4) is 0 Å². The van der Waals surface area contributed by atoms with E-state index in [0.29, 0.717) is 11.8 Å². The number of hydrogen-bond acceptors (Lipinski definition) is 5. The van der Waals surface area contributed by atoms with E-state index >= 15 is 0 Å². The molecular weight excluding hydrogens is 284 g/mol. The van der Waals surface area contributed by atoms with Crippen LogP contribution in [0.1, 0.15) is 0 Å². The highest BCUT2D eigenvalue weighted by Crippen LogP contribution is 2.26. The Labute approximate surface area is 107 Å². The van der Waals surface area contributed by atoms with E-state index in [-0.39, 0.29) is 6.01 Å². The smallest absolute Gasteiger partial charge is 0.321 e. The molecule has 0 saturated heterocycles. The first-order valence-corrected chi connectivity index (χ1v) is 5.76. The van der Waals surface area contributed by atoms with Crippen LogP contribution in [-0.4, -0.2) is 29.1 Å². The summed E-state index contributed by atoms with van der Waals surface area (Å²) in [6.45, 7) is 0. The van der Waals surface area contributed by atoms with Crippen LogP contribution in [-0.2, 0) is 0 Å². The Morgan fingerprint density at radius 3 is 2.59 bits per heavy atom. The third-order valence-electron chi connectivity index (χ3n) is 2.14. The molecule has 0 saturated carbocycles. The Hall–Kier alpha value is -1.69. The molecule has 88 valence electrons. The van der Waals surface area contributed by atoms with Crippen molar-refractivity contribution < 1.29 is 4.74 Å². The average Bonchev–Trinajstić information content (AvgIpc) is 2.38. The van der Waals surface area contributed by atoms with Crippen molar-refractivity contribution in [2.75, 3.05) is 19.5 Å². The summed E-state index contributed by atoms with van der Waals surface area (Å²) in [5, 5.41) is 2.87. The van der Waals surface area contributed by atoms with Crippen molar-refractivity contribution >= 4 is 21.9 Å². The van der Waals surface area contributed by atoms with Crippen LogP contribution in [0.5, 0.6) is 6.01 Å². The van der Waals surface area contributed by atoms with E-state index in [4.69, 9.17) is 4.74 Å². The molecule has 2 rings (SSSR count). The first kappa shape index (κ1) is 11.8. The van der Waals surface area contributed by atoms with Crippen LogP contribution in [0, 0.1) is 0 Å². The van der Waals surface area contributed by atoms with E-state index in [9.17, 15) is 0 Å². The largest absolute Gasteiger partial charge is 0.467 e. The van der Waals surface area contributed by atoms with Crippen molar-refractivity contribution in [1.29, 1.82) is 0 Å². The normalized spacial score (nSPS) is 10.1. The van der Waals surface area contributed by atoms with Crippen LogP contribution >= 0.6 is 15.9 Å². The number of ether oxygens (including phenoxy) is 1. The van der Waals surface area contributed by atoms with Crippen LogP contribution in [0.4, 0.5) is 5.95 Å². The summed E-state index contributed by atoms with van der Waals surface area (Å²) in [6, 6.07) is 8.01. The Kier molecular flexibility index (Phi) is 3.53. The van der Waals surface area contributed by atoms with Gasteiger partial charge in [0.1, 0.15) is 0 Å². The van der Waals surface area contributed by atoms with Crippen molar-refractivity contribution in [3.63, 3.8) is 0 Å². The number of methoxy groups -OCH3 is 1. The van der Waals surface area contributed by atoms with E-state index < -0.39 is 0 Å². The fourth-order valence-electron chi connectivity index (χ4n) is 1.32.